The Bertz CT molecular complexity index is 967. The van der Waals surface area contributed by atoms with E-state index in [1.54, 1.807) is 0 Å². The number of carbonyl (C=O) groups is 1. The van der Waals surface area contributed by atoms with Gasteiger partial charge in [0.15, 0.2) is 5.78 Å². The number of benzene rings is 3. The van der Waals surface area contributed by atoms with Gasteiger partial charge in [-0.15, -0.1) is 0 Å². The van der Waals surface area contributed by atoms with Gasteiger partial charge in [0.1, 0.15) is 0 Å². The van der Waals surface area contributed by atoms with Crippen LogP contribution in [0.5, 0.6) is 0 Å². The Morgan fingerprint density at radius 3 is 2.09 bits per heavy atom. The molecule has 0 atom stereocenters. The molecule has 0 radical (unpaired) electrons. The average Bonchev–Trinajstić information content (AvgIpc) is 3.19. The predicted molar refractivity (Wildman–Crippen MR) is 94.0 cm³/mol. The molecule has 5 rings (SSSR count). The first kappa shape index (κ1) is 14.1. The topological polar surface area (TPSA) is 30.0 Å². The number of carbonyl (C=O) groups excluding carboxylic acids is 1. The van der Waals surface area contributed by atoms with Crippen molar-refractivity contribution in [1.82, 2.24) is 4.98 Å². The van der Waals surface area contributed by atoms with Crippen molar-refractivity contribution >= 4 is 31.1 Å². The van der Waals surface area contributed by atoms with Gasteiger partial charge in [0.05, 0.1) is 0 Å². The Kier molecular flexibility index (Phi) is 3.66. The van der Waals surface area contributed by atoms with Crippen LogP contribution in [-0.2, 0) is 0 Å². The Morgan fingerprint density at radius 2 is 1.43 bits per heavy atom. The monoisotopic (exact) mass is 363 g/mol. The molecule has 1 aliphatic carbocycles. The first-order valence-corrected chi connectivity index (χ1v) is 9.32. The summed E-state index contributed by atoms with van der Waals surface area (Å²) in [5, 5.41) is 4.16. The van der Waals surface area contributed by atoms with Gasteiger partial charge in [0, 0.05) is 16.5 Å². The second-order valence-electron chi connectivity index (χ2n) is 5.26. The first-order valence-electron chi connectivity index (χ1n) is 7.34. The fourth-order valence-corrected chi connectivity index (χ4v) is 3.73. The summed E-state index contributed by atoms with van der Waals surface area (Å²) < 4.78 is 0. The van der Waals surface area contributed by atoms with E-state index in [0.29, 0.717) is 14.5 Å². The normalized spacial score (nSPS) is 11.6. The summed E-state index contributed by atoms with van der Waals surface area (Å²) in [7, 11) is 0. The van der Waals surface area contributed by atoms with Crippen LogP contribution in [0.3, 0.4) is 0 Å². The van der Waals surface area contributed by atoms with E-state index in [0.717, 1.165) is 27.5 Å². The number of aromatic nitrogens is 1. The standard InChI is InChI=1S/C17H10O.C3H3NSe/c18-17-14-8-2-1-7-12(14)13-9-3-5-11-6-4-10-15(17)16(11)13;1-2-5-3-4-1/h1-10H;1-3H. The molecule has 0 amide bonds. The quantitative estimate of drug-likeness (QED) is 0.387. The maximum absolute atomic E-state index is 12.5. The minimum atomic E-state index is 0.134. The van der Waals surface area contributed by atoms with E-state index in [-0.39, 0.29) is 5.78 Å². The molecule has 2 nitrogen and oxygen atoms in total. The zero-order valence-electron chi connectivity index (χ0n) is 12.3. The van der Waals surface area contributed by atoms with Gasteiger partial charge in [-0.05, 0) is 16.5 Å². The zero-order chi connectivity index (χ0) is 15.6. The molecule has 3 heteroatoms. The van der Waals surface area contributed by atoms with Crippen molar-refractivity contribution in [3.05, 3.63) is 88.0 Å². The number of hydrogen-bond acceptors (Lipinski definition) is 2. The average molecular weight is 362 g/mol. The maximum atomic E-state index is 12.5. The number of fused-ring (bicyclic) bond motifs is 2. The van der Waals surface area contributed by atoms with Gasteiger partial charge in [-0.1, -0.05) is 60.7 Å². The van der Waals surface area contributed by atoms with E-state index >= 15 is 0 Å². The van der Waals surface area contributed by atoms with Crippen molar-refractivity contribution in [2.24, 2.45) is 0 Å². The van der Waals surface area contributed by atoms with Crippen LogP contribution in [-0.4, -0.2) is 25.3 Å². The number of ketones is 1. The molecule has 1 aromatic heterocycles. The van der Waals surface area contributed by atoms with Crippen LogP contribution in [0, 0.1) is 0 Å². The molecule has 23 heavy (non-hydrogen) atoms. The van der Waals surface area contributed by atoms with E-state index in [9.17, 15) is 4.79 Å². The molecule has 0 saturated carbocycles. The van der Waals surface area contributed by atoms with Crippen molar-refractivity contribution in [2.45, 2.75) is 0 Å². The SMILES string of the molecule is O=C1c2ccccc2-c2cccc3cccc1c23.c1c[se]cn1. The third-order valence-corrected chi connectivity index (χ3v) is 5.05. The van der Waals surface area contributed by atoms with Gasteiger partial charge in [0.2, 0.25) is 0 Å². The van der Waals surface area contributed by atoms with Crippen molar-refractivity contribution < 1.29 is 4.79 Å². The van der Waals surface area contributed by atoms with Gasteiger partial charge in [-0.25, -0.2) is 0 Å². The minimum absolute atomic E-state index is 0.134. The fourth-order valence-electron chi connectivity index (χ4n) is 2.99. The second kappa shape index (κ2) is 5.96. The predicted octanol–water partition coefficient (Wildman–Crippen LogP) is 4.19. The third-order valence-electron chi connectivity index (χ3n) is 3.96. The van der Waals surface area contributed by atoms with Gasteiger partial charge >= 0.3 is 35.7 Å². The molecule has 3 aromatic carbocycles. The number of nitrogens with zero attached hydrogens (tertiary/aromatic N) is 1. The van der Waals surface area contributed by atoms with Crippen LogP contribution in [0.2, 0.25) is 0 Å². The summed E-state index contributed by atoms with van der Waals surface area (Å²) in [5.41, 5.74) is 3.84. The van der Waals surface area contributed by atoms with Gasteiger partial charge in [-0.2, -0.15) is 0 Å². The van der Waals surface area contributed by atoms with Crippen LogP contribution in [0.15, 0.2) is 76.9 Å². The summed E-state index contributed by atoms with van der Waals surface area (Å²) in [5.74, 6) is 0.134. The van der Waals surface area contributed by atoms with E-state index in [1.807, 2.05) is 53.7 Å². The second-order valence-corrected chi connectivity index (χ2v) is 6.84. The summed E-state index contributed by atoms with van der Waals surface area (Å²) in [4.78, 5) is 18.4. The van der Waals surface area contributed by atoms with Gasteiger partial charge in [-0.3, -0.25) is 4.79 Å². The molecule has 0 N–H and O–H groups in total. The van der Waals surface area contributed by atoms with Crippen molar-refractivity contribution in [1.29, 1.82) is 0 Å². The summed E-state index contributed by atoms with van der Waals surface area (Å²) >= 11 is 0.597. The Morgan fingerprint density at radius 1 is 0.739 bits per heavy atom. The van der Waals surface area contributed by atoms with Crippen LogP contribution in [0.25, 0.3) is 21.9 Å². The molecule has 0 spiro atoms. The molecule has 1 heterocycles. The Balaban J connectivity index is 0.000000233. The molecule has 0 unspecified atom stereocenters. The van der Waals surface area contributed by atoms with Crippen molar-refractivity contribution in [2.75, 3.05) is 0 Å². The molecule has 0 saturated heterocycles. The number of hydrogen-bond donors (Lipinski definition) is 0. The molecular formula is C20H13NOSe. The number of rotatable bonds is 0. The molecule has 0 bridgehead atoms. The van der Waals surface area contributed by atoms with Crippen molar-refractivity contribution in [3.63, 3.8) is 0 Å². The molecular weight excluding hydrogens is 349 g/mol. The van der Waals surface area contributed by atoms with E-state index < -0.39 is 0 Å². The van der Waals surface area contributed by atoms with Gasteiger partial charge in [0.25, 0.3) is 0 Å². The first-order chi connectivity index (χ1) is 11.4. The zero-order valence-corrected chi connectivity index (χ0v) is 14.0. The van der Waals surface area contributed by atoms with Crippen LogP contribution < -0.4 is 0 Å². The van der Waals surface area contributed by atoms with E-state index in [1.165, 1.54) is 5.56 Å². The van der Waals surface area contributed by atoms with E-state index in [2.05, 4.69) is 28.1 Å². The molecule has 0 fully saturated rings. The van der Waals surface area contributed by atoms with E-state index in [4.69, 9.17) is 0 Å². The van der Waals surface area contributed by atoms with Crippen molar-refractivity contribution in [3.8, 4) is 11.1 Å². The molecule has 0 aliphatic heterocycles. The summed E-state index contributed by atoms with van der Waals surface area (Å²) in [6.45, 7) is 0. The fraction of sp³-hybridized carbons (Fsp3) is 0. The third kappa shape index (κ3) is 2.44. The summed E-state index contributed by atoms with van der Waals surface area (Å²) in [6, 6.07) is 20.0. The Labute approximate surface area is 140 Å². The molecule has 4 aromatic rings. The summed E-state index contributed by atoms with van der Waals surface area (Å²) in [6.07, 6.45) is 1.83. The van der Waals surface area contributed by atoms with Crippen LogP contribution >= 0.6 is 0 Å². The van der Waals surface area contributed by atoms with Gasteiger partial charge < -0.3 is 0 Å². The molecule has 110 valence electrons. The Hall–Kier alpha value is -2.48. The van der Waals surface area contributed by atoms with Crippen LogP contribution in [0.1, 0.15) is 15.9 Å². The van der Waals surface area contributed by atoms with Crippen LogP contribution in [0.4, 0.5) is 0 Å². The molecule has 1 aliphatic rings.